The first kappa shape index (κ1) is 18.7. The molecule has 4 nitrogen and oxygen atoms in total. The van der Waals surface area contributed by atoms with Gasteiger partial charge in [-0.05, 0) is 24.3 Å². The molecule has 0 saturated carbocycles. The average molecular weight is 407 g/mol. The van der Waals surface area contributed by atoms with Gasteiger partial charge in [0.25, 0.3) is 0 Å². The fraction of sp³-hybridized carbons (Fsp3) is 0.182. The van der Waals surface area contributed by atoms with Crippen molar-refractivity contribution >= 4 is 34.0 Å². The summed E-state index contributed by atoms with van der Waals surface area (Å²) < 4.78 is 0. The summed E-state index contributed by atoms with van der Waals surface area (Å²) in [6, 6.07) is 16.9. The van der Waals surface area contributed by atoms with Crippen LogP contribution in [0.15, 0.2) is 59.3 Å². The molecule has 0 spiro atoms. The molecule has 6 heteroatoms. The summed E-state index contributed by atoms with van der Waals surface area (Å²) in [5.74, 6) is 0. The summed E-state index contributed by atoms with van der Waals surface area (Å²) in [6.45, 7) is 0. The molecule has 0 amide bonds. The van der Waals surface area contributed by atoms with Gasteiger partial charge in [-0.25, -0.2) is 9.97 Å². The summed E-state index contributed by atoms with van der Waals surface area (Å²) >= 11 is 3.29. The lowest BCUT2D eigenvalue weighted by Gasteiger charge is -2.12. The Morgan fingerprint density at radius 2 is 0.929 bits per heavy atom. The average Bonchev–Trinajstić information content (AvgIpc) is 3.38. The number of thiazole rings is 2. The lowest BCUT2D eigenvalue weighted by atomic mass is 10.1. The molecular formula is C22H22N4S2. The van der Waals surface area contributed by atoms with Crippen molar-refractivity contribution in [1.29, 1.82) is 0 Å². The number of benzene rings is 2. The van der Waals surface area contributed by atoms with Crippen LogP contribution in [0.25, 0.3) is 32.5 Å². The van der Waals surface area contributed by atoms with Crippen molar-refractivity contribution in [3.8, 4) is 32.5 Å². The molecule has 0 bridgehead atoms. The quantitative estimate of drug-likeness (QED) is 0.423. The maximum Gasteiger partial charge on any atom is 0.152 e. The van der Waals surface area contributed by atoms with Crippen LogP contribution in [0.4, 0.5) is 11.4 Å². The highest BCUT2D eigenvalue weighted by atomic mass is 32.1. The Hall–Kier alpha value is -2.70. The van der Waals surface area contributed by atoms with Crippen molar-refractivity contribution < 1.29 is 0 Å². The molecule has 0 saturated heterocycles. The fourth-order valence-electron chi connectivity index (χ4n) is 2.87. The maximum atomic E-state index is 4.82. The highest BCUT2D eigenvalue weighted by molar-refractivity contribution is 7.20. The highest BCUT2D eigenvalue weighted by Gasteiger charge is 2.12. The zero-order valence-electron chi connectivity index (χ0n) is 16.4. The van der Waals surface area contributed by atoms with Gasteiger partial charge < -0.3 is 9.80 Å². The van der Waals surface area contributed by atoms with Crippen molar-refractivity contribution in [2.75, 3.05) is 38.0 Å². The summed E-state index contributed by atoms with van der Waals surface area (Å²) in [5.41, 5.74) is 6.62. The second kappa shape index (κ2) is 7.73. The van der Waals surface area contributed by atoms with E-state index in [1.165, 1.54) is 11.4 Å². The van der Waals surface area contributed by atoms with Gasteiger partial charge in [-0.1, -0.05) is 24.3 Å². The van der Waals surface area contributed by atoms with E-state index in [-0.39, 0.29) is 0 Å². The third-order valence-corrected chi connectivity index (χ3v) is 6.38. The zero-order valence-corrected chi connectivity index (χ0v) is 18.0. The number of nitrogens with zero attached hydrogens (tertiary/aromatic N) is 4. The smallest absolute Gasteiger partial charge is 0.152 e. The van der Waals surface area contributed by atoms with E-state index in [2.05, 4.69) is 69.1 Å². The van der Waals surface area contributed by atoms with Crippen LogP contribution in [-0.4, -0.2) is 38.2 Å². The lowest BCUT2D eigenvalue weighted by Crippen LogP contribution is -2.07. The van der Waals surface area contributed by atoms with Crippen LogP contribution in [0.5, 0.6) is 0 Å². The van der Waals surface area contributed by atoms with E-state index in [0.717, 1.165) is 32.5 Å². The topological polar surface area (TPSA) is 32.3 Å². The molecule has 2 aromatic carbocycles. The Morgan fingerprint density at radius 3 is 1.25 bits per heavy atom. The lowest BCUT2D eigenvalue weighted by molar-refractivity contribution is 1.13. The molecule has 0 atom stereocenters. The molecular weight excluding hydrogens is 384 g/mol. The van der Waals surface area contributed by atoms with Crippen molar-refractivity contribution in [3.05, 3.63) is 59.3 Å². The molecule has 0 fully saturated rings. The minimum absolute atomic E-state index is 0.966. The van der Waals surface area contributed by atoms with Crippen LogP contribution < -0.4 is 9.80 Å². The summed E-state index contributed by atoms with van der Waals surface area (Å²) in [5, 5.41) is 6.14. The summed E-state index contributed by atoms with van der Waals surface area (Å²) in [4.78, 5) is 13.8. The molecule has 0 radical (unpaired) electrons. The molecule has 0 unspecified atom stereocenters. The SMILES string of the molecule is CN(C)c1ccc(-c2csc(-c3nc(-c4ccc(N(C)C)cc4)cs3)n2)cc1. The summed E-state index contributed by atoms with van der Waals surface area (Å²) in [7, 11) is 8.18. The van der Waals surface area contributed by atoms with E-state index in [9.17, 15) is 0 Å². The Morgan fingerprint density at radius 1 is 0.571 bits per heavy atom. The van der Waals surface area contributed by atoms with Gasteiger partial charge in [0.15, 0.2) is 10.0 Å². The van der Waals surface area contributed by atoms with Gasteiger partial charge in [-0.15, -0.1) is 22.7 Å². The maximum absolute atomic E-state index is 4.82. The van der Waals surface area contributed by atoms with Gasteiger partial charge in [0.2, 0.25) is 0 Å². The minimum atomic E-state index is 0.966. The number of aromatic nitrogens is 2. The molecule has 0 aliphatic heterocycles. The van der Waals surface area contributed by atoms with Crippen LogP contribution in [-0.2, 0) is 0 Å². The monoisotopic (exact) mass is 406 g/mol. The molecule has 0 N–H and O–H groups in total. The predicted molar refractivity (Wildman–Crippen MR) is 123 cm³/mol. The minimum Gasteiger partial charge on any atom is -0.378 e. The van der Waals surface area contributed by atoms with Crippen LogP contribution >= 0.6 is 22.7 Å². The summed E-state index contributed by atoms with van der Waals surface area (Å²) in [6.07, 6.45) is 0. The first-order chi connectivity index (χ1) is 13.5. The fourth-order valence-corrected chi connectivity index (χ4v) is 4.58. The molecule has 2 aromatic heterocycles. The second-order valence-corrected chi connectivity index (χ2v) is 8.67. The van der Waals surface area contributed by atoms with E-state index in [4.69, 9.17) is 9.97 Å². The Kier molecular flexibility index (Phi) is 5.15. The van der Waals surface area contributed by atoms with Gasteiger partial charge in [0, 0.05) is 61.5 Å². The number of hydrogen-bond donors (Lipinski definition) is 0. The molecule has 2 heterocycles. The van der Waals surface area contributed by atoms with Gasteiger partial charge >= 0.3 is 0 Å². The predicted octanol–water partition coefficient (Wildman–Crippen LogP) is 5.73. The third-order valence-electron chi connectivity index (χ3n) is 4.55. The Balaban J connectivity index is 1.56. The third kappa shape index (κ3) is 3.79. The second-order valence-electron chi connectivity index (χ2n) is 6.96. The van der Waals surface area contributed by atoms with E-state index < -0.39 is 0 Å². The molecule has 142 valence electrons. The van der Waals surface area contributed by atoms with Gasteiger partial charge in [0.1, 0.15) is 0 Å². The molecule has 4 aromatic rings. The standard InChI is InChI=1S/C22H22N4S2/c1-25(2)17-9-5-15(6-10-17)19-13-27-21(23-19)22-24-20(14-28-22)16-7-11-18(12-8-16)26(3)4/h5-14H,1-4H3. The first-order valence-electron chi connectivity index (χ1n) is 8.98. The van der Waals surface area contributed by atoms with E-state index in [1.807, 2.05) is 28.2 Å². The molecule has 0 aliphatic rings. The van der Waals surface area contributed by atoms with E-state index in [0.29, 0.717) is 0 Å². The molecule has 28 heavy (non-hydrogen) atoms. The van der Waals surface area contributed by atoms with Crippen LogP contribution in [0.3, 0.4) is 0 Å². The molecule has 4 rings (SSSR count). The highest BCUT2D eigenvalue weighted by Crippen LogP contribution is 2.34. The van der Waals surface area contributed by atoms with Crippen molar-refractivity contribution in [3.63, 3.8) is 0 Å². The van der Waals surface area contributed by atoms with Gasteiger partial charge in [0.05, 0.1) is 11.4 Å². The number of rotatable bonds is 5. The Labute approximate surface area is 173 Å². The van der Waals surface area contributed by atoms with Gasteiger partial charge in [-0.3, -0.25) is 0 Å². The van der Waals surface area contributed by atoms with Crippen molar-refractivity contribution in [2.45, 2.75) is 0 Å². The van der Waals surface area contributed by atoms with Crippen LogP contribution in [0.2, 0.25) is 0 Å². The van der Waals surface area contributed by atoms with Gasteiger partial charge in [-0.2, -0.15) is 0 Å². The number of anilines is 2. The van der Waals surface area contributed by atoms with Crippen LogP contribution in [0, 0.1) is 0 Å². The normalized spacial score (nSPS) is 10.9. The van der Waals surface area contributed by atoms with Crippen molar-refractivity contribution in [1.82, 2.24) is 9.97 Å². The van der Waals surface area contributed by atoms with Crippen molar-refractivity contribution in [2.24, 2.45) is 0 Å². The first-order valence-corrected chi connectivity index (χ1v) is 10.7. The molecule has 0 aliphatic carbocycles. The van der Waals surface area contributed by atoms with Crippen LogP contribution in [0.1, 0.15) is 0 Å². The zero-order chi connectivity index (χ0) is 19.7. The number of hydrogen-bond acceptors (Lipinski definition) is 6. The van der Waals surface area contributed by atoms with E-state index >= 15 is 0 Å². The van der Waals surface area contributed by atoms with E-state index in [1.54, 1.807) is 22.7 Å². The Bertz CT molecular complexity index is 973. The largest absolute Gasteiger partial charge is 0.378 e.